The third-order valence-corrected chi connectivity index (χ3v) is 6.99. The van der Waals surface area contributed by atoms with Crippen LogP contribution in [-0.2, 0) is 16.1 Å². The number of oxazole rings is 1. The molecule has 1 aliphatic heterocycles. The Morgan fingerprint density at radius 2 is 1.65 bits per heavy atom. The molecule has 1 aliphatic rings. The van der Waals surface area contributed by atoms with Crippen molar-refractivity contribution in [3.63, 3.8) is 0 Å². The fraction of sp³-hybridized carbons (Fsp3) is 0.125. The lowest BCUT2D eigenvalue weighted by Crippen LogP contribution is -2.45. The van der Waals surface area contributed by atoms with Crippen molar-refractivity contribution in [1.29, 1.82) is 0 Å². The Balaban J connectivity index is 1.29. The average molecular weight is 534 g/mol. The molecular formula is C32H24FN3O4. The number of aromatic nitrogens is 1. The first-order chi connectivity index (χ1) is 19.4. The highest BCUT2D eigenvalue weighted by Crippen LogP contribution is 2.31. The fourth-order valence-electron chi connectivity index (χ4n) is 4.85. The van der Waals surface area contributed by atoms with E-state index in [1.165, 1.54) is 29.2 Å². The van der Waals surface area contributed by atoms with Gasteiger partial charge in [0.1, 0.15) is 17.4 Å². The number of benzene rings is 4. The molecule has 0 radical (unpaired) electrons. The van der Waals surface area contributed by atoms with Gasteiger partial charge in [-0.15, -0.1) is 0 Å². The SMILES string of the molecule is Cc1ccc(CN(C(=O)c2ccc(F)cc2)C2CC(=O)N(c3ccc(-c4nc5ccccc5o4)cc3)C2=O)cc1. The zero-order valence-corrected chi connectivity index (χ0v) is 21.6. The van der Waals surface area contributed by atoms with Gasteiger partial charge >= 0.3 is 0 Å². The van der Waals surface area contributed by atoms with Crippen molar-refractivity contribution in [3.8, 4) is 11.5 Å². The summed E-state index contributed by atoms with van der Waals surface area (Å²) in [6.45, 7) is 2.07. The van der Waals surface area contributed by atoms with Crippen LogP contribution in [-0.4, -0.2) is 33.6 Å². The Morgan fingerprint density at radius 3 is 2.35 bits per heavy atom. The van der Waals surface area contributed by atoms with Crippen LogP contribution in [0.5, 0.6) is 0 Å². The van der Waals surface area contributed by atoms with Gasteiger partial charge < -0.3 is 9.32 Å². The smallest absolute Gasteiger partial charge is 0.257 e. The molecule has 198 valence electrons. The largest absolute Gasteiger partial charge is 0.436 e. The highest BCUT2D eigenvalue weighted by atomic mass is 19.1. The van der Waals surface area contributed by atoms with E-state index in [1.807, 2.05) is 55.5 Å². The zero-order chi connectivity index (χ0) is 27.8. The first kappa shape index (κ1) is 25.2. The lowest BCUT2D eigenvalue weighted by molar-refractivity contribution is -0.122. The van der Waals surface area contributed by atoms with E-state index in [9.17, 15) is 18.8 Å². The molecule has 8 heteroatoms. The molecule has 1 aromatic heterocycles. The number of imide groups is 1. The second-order valence-electron chi connectivity index (χ2n) is 9.75. The first-order valence-electron chi connectivity index (χ1n) is 12.8. The van der Waals surface area contributed by atoms with E-state index in [0.717, 1.165) is 21.5 Å². The average Bonchev–Trinajstić information content (AvgIpc) is 3.53. The molecule has 0 saturated carbocycles. The standard InChI is InChI=1S/C32H24FN3O4/c1-20-6-8-21(9-7-20)19-35(31(38)23-10-14-24(33)15-11-23)27-18-29(37)36(32(27)39)25-16-12-22(13-17-25)30-34-26-4-2-3-5-28(26)40-30/h2-17,27H,18-19H2,1H3. The van der Waals surface area contributed by atoms with Crippen molar-refractivity contribution in [2.24, 2.45) is 0 Å². The molecule has 40 heavy (non-hydrogen) atoms. The molecule has 1 saturated heterocycles. The van der Waals surface area contributed by atoms with Gasteiger partial charge in [0.05, 0.1) is 12.1 Å². The van der Waals surface area contributed by atoms with Gasteiger partial charge in [-0.05, 0) is 73.2 Å². The number of hydrogen-bond acceptors (Lipinski definition) is 5. The summed E-state index contributed by atoms with van der Waals surface area (Å²) in [6, 6.07) is 26.0. The number of carbonyl (C=O) groups excluding carboxylic acids is 3. The van der Waals surface area contributed by atoms with Crippen molar-refractivity contribution < 1.29 is 23.2 Å². The van der Waals surface area contributed by atoms with E-state index >= 15 is 0 Å². The second kappa shape index (κ2) is 10.2. The molecule has 6 rings (SSSR count). The number of hydrogen-bond donors (Lipinski definition) is 0. The Labute approximate surface area is 229 Å². The fourth-order valence-corrected chi connectivity index (χ4v) is 4.85. The molecular weight excluding hydrogens is 509 g/mol. The van der Waals surface area contributed by atoms with E-state index in [2.05, 4.69) is 4.98 Å². The summed E-state index contributed by atoms with van der Waals surface area (Å²) in [6.07, 6.45) is -0.162. The van der Waals surface area contributed by atoms with Gasteiger partial charge in [-0.2, -0.15) is 0 Å². The number of amides is 3. The van der Waals surface area contributed by atoms with Crippen LogP contribution in [0.15, 0.2) is 101 Å². The summed E-state index contributed by atoms with van der Waals surface area (Å²) in [5.41, 5.74) is 4.57. The predicted molar refractivity (Wildman–Crippen MR) is 148 cm³/mol. The Morgan fingerprint density at radius 1 is 0.950 bits per heavy atom. The second-order valence-corrected chi connectivity index (χ2v) is 9.75. The minimum Gasteiger partial charge on any atom is -0.436 e. The van der Waals surface area contributed by atoms with Gasteiger partial charge in [0, 0.05) is 17.7 Å². The van der Waals surface area contributed by atoms with Crippen LogP contribution in [0.1, 0.15) is 27.9 Å². The molecule has 5 aromatic rings. The molecule has 1 atom stereocenters. The zero-order valence-electron chi connectivity index (χ0n) is 21.6. The number of para-hydroxylation sites is 2. The Bertz CT molecular complexity index is 1690. The first-order valence-corrected chi connectivity index (χ1v) is 12.8. The number of aryl methyl sites for hydroxylation is 1. The molecule has 0 bridgehead atoms. The van der Waals surface area contributed by atoms with Crippen LogP contribution < -0.4 is 4.90 Å². The molecule has 7 nitrogen and oxygen atoms in total. The van der Waals surface area contributed by atoms with Crippen LogP contribution in [0.3, 0.4) is 0 Å². The minimum absolute atomic E-state index is 0.116. The molecule has 3 amide bonds. The van der Waals surface area contributed by atoms with Crippen LogP contribution >= 0.6 is 0 Å². The van der Waals surface area contributed by atoms with Gasteiger partial charge in [-0.1, -0.05) is 42.0 Å². The van der Waals surface area contributed by atoms with Crippen molar-refractivity contribution in [2.45, 2.75) is 25.9 Å². The lowest BCUT2D eigenvalue weighted by Gasteiger charge is -2.28. The topological polar surface area (TPSA) is 83.7 Å². The van der Waals surface area contributed by atoms with Gasteiger partial charge in [-0.3, -0.25) is 14.4 Å². The molecule has 1 fully saturated rings. The van der Waals surface area contributed by atoms with E-state index in [0.29, 0.717) is 22.7 Å². The molecule has 0 N–H and O–H groups in total. The number of halogens is 1. The molecule has 2 heterocycles. The molecule has 0 spiro atoms. The van der Waals surface area contributed by atoms with Gasteiger partial charge in [0.25, 0.3) is 11.8 Å². The van der Waals surface area contributed by atoms with Crippen molar-refractivity contribution in [3.05, 3.63) is 120 Å². The number of rotatable bonds is 6. The minimum atomic E-state index is -1.01. The van der Waals surface area contributed by atoms with Gasteiger partial charge in [0.2, 0.25) is 11.8 Å². The summed E-state index contributed by atoms with van der Waals surface area (Å²) in [5, 5.41) is 0. The quantitative estimate of drug-likeness (QED) is 0.253. The number of nitrogens with zero attached hydrogens (tertiary/aromatic N) is 3. The third kappa shape index (κ3) is 4.75. The van der Waals surface area contributed by atoms with Crippen molar-refractivity contribution in [2.75, 3.05) is 4.90 Å². The maximum atomic E-state index is 13.7. The summed E-state index contributed by atoms with van der Waals surface area (Å²) in [7, 11) is 0. The Kier molecular flexibility index (Phi) is 6.43. The summed E-state index contributed by atoms with van der Waals surface area (Å²) in [5.74, 6) is -1.41. The van der Waals surface area contributed by atoms with Crippen LogP contribution in [0, 0.1) is 12.7 Å². The Hall–Kier alpha value is -5.11. The van der Waals surface area contributed by atoms with Gasteiger partial charge in [-0.25, -0.2) is 14.3 Å². The summed E-state index contributed by atoms with van der Waals surface area (Å²) in [4.78, 5) is 47.4. The van der Waals surface area contributed by atoms with Gasteiger partial charge in [0.15, 0.2) is 5.58 Å². The van der Waals surface area contributed by atoms with E-state index < -0.39 is 29.6 Å². The molecule has 1 unspecified atom stereocenters. The summed E-state index contributed by atoms with van der Waals surface area (Å²) >= 11 is 0. The van der Waals surface area contributed by atoms with Crippen LogP contribution in [0.4, 0.5) is 10.1 Å². The van der Waals surface area contributed by atoms with E-state index in [4.69, 9.17) is 4.42 Å². The summed E-state index contributed by atoms with van der Waals surface area (Å²) < 4.78 is 19.4. The third-order valence-electron chi connectivity index (χ3n) is 6.99. The van der Waals surface area contributed by atoms with Crippen molar-refractivity contribution >= 4 is 34.5 Å². The molecule has 4 aromatic carbocycles. The predicted octanol–water partition coefficient (Wildman–Crippen LogP) is 5.92. The van der Waals surface area contributed by atoms with Crippen LogP contribution in [0.2, 0.25) is 0 Å². The highest BCUT2D eigenvalue weighted by molar-refractivity contribution is 6.23. The lowest BCUT2D eigenvalue weighted by atomic mass is 10.1. The normalized spacial score (nSPS) is 15.2. The number of fused-ring (bicyclic) bond motifs is 1. The van der Waals surface area contributed by atoms with E-state index in [-0.39, 0.29) is 18.5 Å². The monoisotopic (exact) mass is 533 g/mol. The highest BCUT2D eigenvalue weighted by Gasteiger charge is 2.44. The number of anilines is 1. The molecule has 0 aliphatic carbocycles. The van der Waals surface area contributed by atoms with Crippen molar-refractivity contribution in [1.82, 2.24) is 9.88 Å². The van der Waals surface area contributed by atoms with E-state index in [1.54, 1.807) is 24.3 Å². The maximum Gasteiger partial charge on any atom is 0.257 e. The van der Waals surface area contributed by atoms with Crippen LogP contribution in [0.25, 0.3) is 22.6 Å². The maximum absolute atomic E-state index is 13.7. The number of carbonyl (C=O) groups is 3.